The number of non-ortho nitro benzene ring substituents is 1. The Balaban J connectivity index is 0.00000380. The Morgan fingerprint density at radius 1 is 0.838 bits per heavy atom. The van der Waals surface area contributed by atoms with Gasteiger partial charge in [-0.15, -0.1) is 12.4 Å². The maximum Gasteiger partial charge on any atom is 0.271 e. The zero-order valence-corrected chi connectivity index (χ0v) is 21.9. The summed E-state index contributed by atoms with van der Waals surface area (Å²) in [6.45, 7) is 0.668. The summed E-state index contributed by atoms with van der Waals surface area (Å²) in [5.74, 6) is 0.0801. The first-order valence-corrected chi connectivity index (χ1v) is 13.6. The summed E-state index contributed by atoms with van der Waals surface area (Å²) in [6.07, 6.45) is 4.45. The van der Waals surface area contributed by atoms with Crippen molar-refractivity contribution in [2.75, 3.05) is 22.3 Å². The molecular weight excluding hydrogens is 514 g/mol. The van der Waals surface area contributed by atoms with Gasteiger partial charge in [-0.1, -0.05) is 37.5 Å². The molecule has 4 aromatic rings. The fourth-order valence-corrected chi connectivity index (χ4v) is 5.27. The predicted octanol–water partition coefficient (Wildman–Crippen LogP) is 6.11. The first-order chi connectivity index (χ1) is 17.4. The molecule has 1 heterocycles. The average molecular weight is 544 g/mol. The molecule has 0 saturated carbocycles. The summed E-state index contributed by atoms with van der Waals surface area (Å²) in [4.78, 5) is 15.4. The van der Waals surface area contributed by atoms with E-state index in [2.05, 4.69) is 15.0 Å². The lowest BCUT2D eigenvalue weighted by Gasteiger charge is -2.14. The zero-order chi connectivity index (χ0) is 25.5. The van der Waals surface area contributed by atoms with Gasteiger partial charge in [-0.05, 0) is 55.8 Å². The number of benzene rings is 3. The second-order valence-electron chi connectivity index (χ2n) is 8.64. The van der Waals surface area contributed by atoms with Crippen molar-refractivity contribution >= 4 is 67.0 Å². The number of para-hydroxylation sites is 1. The van der Waals surface area contributed by atoms with Crippen LogP contribution in [0.15, 0.2) is 66.7 Å². The molecule has 0 aliphatic heterocycles. The number of nitro groups is 1. The van der Waals surface area contributed by atoms with Gasteiger partial charge in [0, 0.05) is 34.3 Å². The minimum Gasteiger partial charge on any atom is -0.354 e. The number of unbranched alkanes of at least 4 members (excludes halogenated alkanes) is 4. The van der Waals surface area contributed by atoms with E-state index in [0.29, 0.717) is 29.7 Å². The van der Waals surface area contributed by atoms with Gasteiger partial charge in [0.2, 0.25) is 10.0 Å². The molecule has 196 valence electrons. The maximum atomic E-state index is 12.4. The van der Waals surface area contributed by atoms with Crippen LogP contribution in [0.1, 0.15) is 32.1 Å². The van der Waals surface area contributed by atoms with Crippen LogP contribution in [0.4, 0.5) is 22.7 Å². The van der Waals surface area contributed by atoms with Gasteiger partial charge >= 0.3 is 0 Å². The Hall–Kier alpha value is -3.47. The maximum absolute atomic E-state index is 12.4. The number of hydrogen-bond acceptors (Lipinski definition) is 7. The van der Waals surface area contributed by atoms with Crippen LogP contribution in [-0.2, 0) is 10.0 Å². The number of rotatable bonds is 12. The van der Waals surface area contributed by atoms with E-state index < -0.39 is 14.9 Å². The van der Waals surface area contributed by atoms with Crippen molar-refractivity contribution in [3.05, 3.63) is 76.8 Å². The number of nitrogens with two attached hydrogens (primary N) is 1. The van der Waals surface area contributed by atoms with Crippen LogP contribution in [-0.4, -0.2) is 30.6 Å². The molecule has 0 radical (unpaired) electrons. The predicted molar refractivity (Wildman–Crippen MR) is 152 cm³/mol. The summed E-state index contributed by atoms with van der Waals surface area (Å²) in [5, 5.41) is 16.2. The van der Waals surface area contributed by atoms with Crippen LogP contribution in [0, 0.1) is 10.1 Å². The minimum atomic E-state index is -3.43. The van der Waals surface area contributed by atoms with Crippen LogP contribution in [0.5, 0.6) is 0 Å². The molecule has 9 nitrogen and oxygen atoms in total. The van der Waals surface area contributed by atoms with E-state index in [1.165, 1.54) is 12.1 Å². The number of nitrogens with zero attached hydrogens (tertiary/aromatic N) is 2. The van der Waals surface area contributed by atoms with Gasteiger partial charge in [0.15, 0.2) is 0 Å². The SMILES string of the molecule is Cl.NCCCCCCCS(=O)(=O)Nc1ccc(Nc2c3ccccc3nc3cc([N+](=O)[O-])ccc23)cc1. The van der Waals surface area contributed by atoms with E-state index >= 15 is 0 Å². The fraction of sp³-hybridized carbons (Fsp3) is 0.269. The molecule has 11 heteroatoms. The van der Waals surface area contributed by atoms with Crippen molar-refractivity contribution in [3.8, 4) is 0 Å². The van der Waals surface area contributed by atoms with Crippen LogP contribution >= 0.6 is 12.4 Å². The lowest BCUT2D eigenvalue weighted by atomic mass is 10.1. The third-order valence-electron chi connectivity index (χ3n) is 5.92. The molecule has 0 aliphatic rings. The smallest absolute Gasteiger partial charge is 0.271 e. The van der Waals surface area contributed by atoms with E-state index in [9.17, 15) is 18.5 Å². The lowest BCUT2D eigenvalue weighted by molar-refractivity contribution is -0.384. The fourth-order valence-electron chi connectivity index (χ4n) is 4.09. The molecule has 1 aromatic heterocycles. The average Bonchev–Trinajstić information content (AvgIpc) is 2.86. The van der Waals surface area contributed by atoms with Crippen LogP contribution in [0.2, 0.25) is 0 Å². The highest BCUT2D eigenvalue weighted by atomic mass is 35.5. The second kappa shape index (κ2) is 12.7. The summed E-state index contributed by atoms with van der Waals surface area (Å²) in [5.41, 5.74) is 8.68. The van der Waals surface area contributed by atoms with Gasteiger partial charge in [-0.25, -0.2) is 13.4 Å². The summed E-state index contributed by atoms with van der Waals surface area (Å²) >= 11 is 0. The number of anilines is 3. The van der Waals surface area contributed by atoms with Crippen molar-refractivity contribution in [1.82, 2.24) is 4.98 Å². The van der Waals surface area contributed by atoms with Crippen LogP contribution < -0.4 is 15.8 Å². The number of halogens is 1. The number of aromatic nitrogens is 1. The third-order valence-corrected chi connectivity index (χ3v) is 7.29. The topological polar surface area (TPSA) is 140 Å². The van der Waals surface area contributed by atoms with Crippen molar-refractivity contribution in [1.29, 1.82) is 0 Å². The molecule has 0 atom stereocenters. The number of pyridine rings is 1. The largest absolute Gasteiger partial charge is 0.354 e. The molecule has 37 heavy (non-hydrogen) atoms. The van der Waals surface area contributed by atoms with Crippen molar-refractivity contribution in [2.24, 2.45) is 5.73 Å². The molecular formula is C26H30ClN5O4S. The number of nitro benzene ring substituents is 1. The number of sulfonamides is 1. The van der Waals surface area contributed by atoms with Gasteiger partial charge in [0.25, 0.3) is 5.69 Å². The Kier molecular flexibility index (Phi) is 9.62. The molecule has 0 spiro atoms. The van der Waals surface area contributed by atoms with Gasteiger partial charge in [0.1, 0.15) is 0 Å². The third kappa shape index (κ3) is 7.28. The van der Waals surface area contributed by atoms with Crippen molar-refractivity contribution in [3.63, 3.8) is 0 Å². The van der Waals surface area contributed by atoms with Crippen LogP contribution in [0.3, 0.4) is 0 Å². The summed E-state index contributed by atoms with van der Waals surface area (Å²) in [6, 6.07) is 19.2. The van der Waals surface area contributed by atoms with Gasteiger partial charge in [-0.2, -0.15) is 0 Å². The monoisotopic (exact) mass is 543 g/mol. The number of fused-ring (bicyclic) bond motifs is 2. The number of hydrogen-bond donors (Lipinski definition) is 3. The molecule has 0 amide bonds. The zero-order valence-electron chi connectivity index (χ0n) is 20.2. The van der Waals surface area contributed by atoms with Gasteiger partial charge < -0.3 is 11.1 Å². The number of nitrogens with one attached hydrogen (secondary N) is 2. The van der Waals surface area contributed by atoms with Gasteiger partial charge in [-0.3, -0.25) is 14.8 Å². The molecule has 0 saturated heterocycles. The van der Waals surface area contributed by atoms with E-state index in [1.54, 1.807) is 30.3 Å². The standard InChI is InChI=1S/C26H29N5O4S.ClH/c27-16-6-2-1-3-7-17-36(34,35)30-20-12-10-19(11-13-20)28-26-22-8-4-5-9-24(22)29-25-18-21(31(32)33)14-15-23(25)26;/h4-5,8-15,18,30H,1-3,6-7,16-17,27H2,(H,28,29);1H. The molecule has 0 bridgehead atoms. The Labute approximate surface area is 222 Å². The van der Waals surface area contributed by atoms with Gasteiger partial charge in [0.05, 0.1) is 27.4 Å². The van der Waals surface area contributed by atoms with E-state index in [1.807, 2.05) is 24.3 Å². The second-order valence-corrected chi connectivity index (χ2v) is 10.5. The molecule has 0 unspecified atom stereocenters. The quantitative estimate of drug-likeness (QED) is 0.0846. The van der Waals surface area contributed by atoms with Crippen LogP contribution in [0.25, 0.3) is 21.8 Å². The molecule has 0 fully saturated rings. The Morgan fingerprint density at radius 3 is 2.22 bits per heavy atom. The molecule has 4 N–H and O–H groups in total. The highest BCUT2D eigenvalue weighted by Gasteiger charge is 2.14. The van der Waals surface area contributed by atoms with E-state index in [-0.39, 0.29) is 23.8 Å². The van der Waals surface area contributed by atoms with E-state index in [0.717, 1.165) is 47.8 Å². The molecule has 0 aliphatic carbocycles. The first kappa shape index (κ1) is 28.1. The lowest BCUT2D eigenvalue weighted by Crippen LogP contribution is -2.16. The summed E-state index contributed by atoms with van der Waals surface area (Å²) < 4.78 is 27.5. The molecule has 4 rings (SSSR count). The van der Waals surface area contributed by atoms with E-state index in [4.69, 9.17) is 5.73 Å². The summed E-state index contributed by atoms with van der Waals surface area (Å²) in [7, 11) is -3.43. The normalized spacial score (nSPS) is 11.3. The highest BCUT2D eigenvalue weighted by molar-refractivity contribution is 7.92. The Morgan fingerprint density at radius 2 is 1.49 bits per heavy atom. The minimum absolute atomic E-state index is 0. The van der Waals surface area contributed by atoms with Crippen molar-refractivity contribution < 1.29 is 13.3 Å². The first-order valence-electron chi connectivity index (χ1n) is 11.9. The highest BCUT2D eigenvalue weighted by Crippen LogP contribution is 2.34. The molecule has 3 aromatic carbocycles. The van der Waals surface area contributed by atoms with Crippen molar-refractivity contribution in [2.45, 2.75) is 32.1 Å². The Bertz CT molecular complexity index is 1480.